The maximum absolute atomic E-state index is 11.9. The van der Waals surface area contributed by atoms with Crippen molar-refractivity contribution >= 4 is 34.6 Å². The molecule has 8 heteroatoms. The van der Waals surface area contributed by atoms with Gasteiger partial charge in [-0.15, -0.1) is 5.11 Å². The van der Waals surface area contributed by atoms with Gasteiger partial charge in [0.25, 0.3) is 0 Å². The SMILES string of the molecule is CCCCOC(=O)c1ccc(N=Nc2ccc(NCCC#N)cc2NC(C)=O)cc1. The van der Waals surface area contributed by atoms with Crippen molar-refractivity contribution in [3.05, 3.63) is 48.0 Å². The fraction of sp³-hybridized carbons (Fsp3) is 0.318. The zero-order valence-electron chi connectivity index (χ0n) is 17.1. The number of rotatable bonds is 10. The fourth-order valence-corrected chi connectivity index (χ4v) is 2.45. The van der Waals surface area contributed by atoms with Crippen molar-refractivity contribution in [2.75, 3.05) is 23.8 Å². The van der Waals surface area contributed by atoms with Gasteiger partial charge in [-0.3, -0.25) is 4.79 Å². The molecule has 0 saturated heterocycles. The van der Waals surface area contributed by atoms with Crippen LogP contribution < -0.4 is 10.6 Å². The Hall–Kier alpha value is -3.73. The molecule has 0 unspecified atom stereocenters. The molecule has 0 fully saturated rings. The van der Waals surface area contributed by atoms with Crippen molar-refractivity contribution in [2.45, 2.75) is 33.1 Å². The van der Waals surface area contributed by atoms with Crippen LogP contribution in [0.3, 0.4) is 0 Å². The summed E-state index contributed by atoms with van der Waals surface area (Å²) in [5.41, 5.74) is 2.77. The lowest BCUT2D eigenvalue weighted by Gasteiger charge is -2.10. The van der Waals surface area contributed by atoms with Gasteiger partial charge in [0.1, 0.15) is 5.69 Å². The number of carbonyl (C=O) groups excluding carboxylic acids is 2. The molecule has 0 heterocycles. The van der Waals surface area contributed by atoms with E-state index in [0.717, 1.165) is 18.5 Å². The second-order valence-electron chi connectivity index (χ2n) is 6.48. The molecule has 2 aromatic rings. The van der Waals surface area contributed by atoms with Crippen molar-refractivity contribution < 1.29 is 14.3 Å². The summed E-state index contributed by atoms with van der Waals surface area (Å²) < 4.78 is 5.18. The highest BCUT2D eigenvalue weighted by Gasteiger charge is 2.08. The molecule has 0 bridgehead atoms. The fourth-order valence-electron chi connectivity index (χ4n) is 2.45. The smallest absolute Gasteiger partial charge is 0.338 e. The van der Waals surface area contributed by atoms with E-state index >= 15 is 0 Å². The van der Waals surface area contributed by atoms with Crippen LogP contribution in [0.5, 0.6) is 0 Å². The van der Waals surface area contributed by atoms with E-state index in [1.807, 2.05) is 6.92 Å². The molecule has 0 aromatic heterocycles. The average molecular weight is 407 g/mol. The lowest BCUT2D eigenvalue weighted by Crippen LogP contribution is -2.07. The van der Waals surface area contributed by atoms with Crippen LogP contribution in [-0.4, -0.2) is 25.0 Å². The summed E-state index contributed by atoms with van der Waals surface area (Å²) in [7, 11) is 0. The van der Waals surface area contributed by atoms with Crippen molar-refractivity contribution in [2.24, 2.45) is 10.2 Å². The molecule has 0 aliphatic rings. The number of nitriles is 1. The first kappa shape index (κ1) is 22.6. The number of unbranched alkanes of at least 4 members (excludes halogenated alkanes) is 1. The summed E-state index contributed by atoms with van der Waals surface area (Å²) in [5.74, 6) is -0.592. The third kappa shape index (κ3) is 7.36. The number of amides is 1. The number of benzene rings is 2. The van der Waals surface area contributed by atoms with Crippen LogP contribution >= 0.6 is 0 Å². The largest absolute Gasteiger partial charge is 0.462 e. The Morgan fingerprint density at radius 3 is 2.57 bits per heavy atom. The number of hydrogen-bond acceptors (Lipinski definition) is 7. The van der Waals surface area contributed by atoms with E-state index in [1.54, 1.807) is 42.5 Å². The number of anilines is 2. The van der Waals surface area contributed by atoms with Crippen LogP contribution in [-0.2, 0) is 9.53 Å². The van der Waals surface area contributed by atoms with E-state index in [1.165, 1.54) is 6.92 Å². The second kappa shape index (κ2) is 12.0. The summed E-state index contributed by atoms with van der Waals surface area (Å²) in [6.45, 7) is 4.35. The molecule has 0 spiro atoms. The molecule has 0 saturated carbocycles. The summed E-state index contributed by atoms with van der Waals surface area (Å²) >= 11 is 0. The van der Waals surface area contributed by atoms with E-state index in [4.69, 9.17) is 10.00 Å². The summed E-state index contributed by atoms with van der Waals surface area (Å²) in [6, 6.07) is 14.0. The summed E-state index contributed by atoms with van der Waals surface area (Å²) in [5, 5.41) is 22.9. The lowest BCUT2D eigenvalue weighted by molar-refractivity contribution is -0.114. The molecule has 2 N–H and O–H groups in total. The van der Waals surface area contributed by atoms with E-state index in [0.29, 0.717) is 42.2 Å². The highest BCUT2D eigenvalue weighted by atomic mass is 16.5. The first-order valence-electron chi connectivity index (χ1n) is 9.75. The third-order valence-corrected chi connectivity index (χ3v) is 3.98. The third-order valence-electron chi connectivity index (χ3n) is 3.98. The van der Waals surface area contributed by atoms with Gasteiger partial charge in [0.2, 0.25) is 5.91 Å². The Bertz CT molecular complexity index is 933. The number of azo groups is 1. The van der Waals surface area contributed by atoms with E-state index in [9.17, 15) is 9.59 Å². The van der Waals surface area contributed by atoms with Crippen molar-refractivity contribution in [3.63, 3.8) is 0 Å². The van der Waals surface area contributed by atoms with E-state index in [2.05, 4.69) is 26.9 Å². The van der Waals surface area contributed by atoms with Gasteiger partial charge >= 0.3 is 5.97 Å². The molecule has 0 aliphatic carbocycles. The molecular weight excluding hydrogens is 382 g/mol. The van der Waals surface area contributed by atoms with E-state index in [-0.39, 0.29) is 11.9 Å². The highest BCUT2D eigenvalue weighted by Crippen LogP contribution is 2.30. The average Bonchev–Trinajstić information content (AvgIpc) is 2.73. The number of ether oxygens (including phenoxy) is 1. The molecular formula is C22H25N5O3. The first-order valence-corrected chi connectivity index (χ1v) is 9.75. The summed E-state index contributed by atoms with van der Waals surface area (Å²) in [4.78, 5) is 23.5. The van der Waals surface area contributed by atoms with Crippen molar-refractivity contribution in [3.8, 4) is 6.07 Å². The van der Waals surface area contributed by atoms with Crippen molar-refractivity contribution in [1.82, 2.24) is 0 Å². The molecule has 0 aliphatic heterocycles. The quantitative estimate of drug-likeness (QED) is 0.313. The Kier molecular flexibility index (Phi) is 9.00. The van der Waals surface area contributed by atoms with Gasteiger partial charge in [-0.05, 0) is 48.9 Å². The number of nitrogens with one attached hydrogen (secondary N) is 2. The minimum atomic E-state index is -0.362. The van der Waals surface area contributed by atoms with Crippen LogP contribution in [0.25, 0.3) is 0 Å². The standard InChI is InChI=1S/C22H25N5O3/c1-3-4-14-30-22(29)17-6-8-18(9-7-17)26-27-20-11-10-19(24-13-5-12-23)15-21(20)25-16(2)28/h6-11,15,24H,3-5,13-14H2,1-2H3,(H,25,28). The van der Waals surface area contributed by atoms with Gasteiger partial charge in [0, 0.05) is 19.2 Å². The molecule has 1 amide bonds. The molecule has 2 aromatic carbocycles. The predicted octanol–water partition coefficient (Wildman–Crippen LogP) is 5.34. The van der Waals surface area contributed by atoms with Crippen LogP contribution in [0, 0.1) is 11.3 Å². The molecule has 2 rings (SSSR count). The Labute approximate surface area is 176 Å². The molecule has 30 heavy (non-hydrogen) atoms. The zero-order chi connectivity index (χ0) is 21.8. The van der Waals surface area contributed by atoms with Crippen LogP contribution in [0.4, 0.5) is 22.7 Å². The number of esters is 1. The number of carbonyl (C=O) groups is 2. The van der Waals surface area contributed by atoms with Crippen LogP contribution in [0.2, 0.25) is 0 Å². The van der Waals surface area contributed by atoms with Gasteiger partial charge in [-0.1, -0.05) is 13.3 Å². The summed E-state index contributed by atoms with van der Waals surface area (Å²) in [6.07, 6.45) is 2.17. The molecule has 156 valence electrons. The predicted molar refractivity (Wildman–Crippen MR) is 115 cm³/mol. The van der Waals surface area contributed by atoms with Crippen molar-refractivity contribution in [1.29, 1.82) is 5.26 Å². The van der Waals surface area contributed by atoms with Crippen LogP contribution in [0.1, 0.15) is 43.5 Å². The van der Waals surface area contributed by atoms with Gasteiger partial charge in [-0.25, -0.2) is 4.79 Å². The maximum atomic E-state index is 11.9. The lowest BCUT2D eigenvalue weighted by atomic mass is 10.2. The Balaban J connectivity index is 2.10. The number of nitrogens with zero attached hydrogens (tertiary/aromatic N) is 3. The highest BCUT2D eigenvalue weighted by molar-refractivity contribution is 5.93. The maximum Gasteiger partial charge on any atom is 0.338 e. The second-order valence-corrected chi connectivity index (χ2v) is 6.48. The Morgan fingerprint density at radius 1 is 1.13 bits per heavy atom. The van der Waals surface area contributed by atoms with Gasteiger partial charge in [0.15, 0.2) is 0 Å². The van der Waals surface area contributed by atoms with Gasteiger partial charge in [-0.2, -0.15) is 10.4 Å². The van der Waals surface area contributed by atoms with Gasteiger partial charge < -0.3 is 15.4 Å². The normalized spacial score (nSPS) is 10.4. The van der Waals surface area contributed by atoms with Crippen LogP contribution in [0.15, 0.2) is 52.7 Å². The molecule has 0 radical (unpaired) electrons. The minimum Gasteiger partial charge on any atom is -0.462 e. The number of hydrogen-bond donors (Lipinski definition) is 2. The zero-order valence-corrected chi connectivity index (χ0v) is 17.1. The first-order chi connectivity index (χ1) is 14.5. The monoisotopic (exact) mass is 407 g/mol. The topological polar surface area (TPSA) is 116 Å². The molecule has 8 nitrogen and oxygen atoms in total. The Morgan fingerprint density at radius 2 is 1.90 bits per heavy atom. The minimum absolute atomic E-state index is 0.230. The van der Waals surface area contributed by atoms with Gasteiger partial charge in [0.05, 0.1) is 36.0 Å². The molecule has 0 atom stereocenters. The van der Waals surface area contributed by atoms with E-state index < -0.39 is 0 Å².